The van der Waals surface area contributed by atoms with Crippen molar-refractivity contribution < 1.29 is 18.3 Å². The summed E-state index contributed by atoms with van der Waals surface area (Å²) in [4.78, 5) is 1.64. The SMILES string of the molecule is C[C@@H](C(O)C(F)(F)F)N(Cc1ccccc1)Cc1ccccc1. The van der Waals surface area contributed by atoms with Gasteiger partial charge in [-0.25, -0.2) is 0 Å². The monoisotopic (exact) mass is 323 g/mol. The van der Waals surface area contributed by atoms with Gasteiger partial charge in [0, 0.05) is 19.1 Å². The van der Waals surface area contributed by atoms with Crippen LogP contribution in [0.1, 0.15) is 18.1 Å². The van der Waals surface area contributed by atoms with Crippen molar-refractivity contribution in [2.75, 3.05) is 0 Å². The molecule has 0 bridgehead atoms. The molecule has 124 valence electrons. The van der Waals surface area contributed by atoms with Crippen LogP contribution >= 0.6 is 0 Å². The van der Waals surface area contributed by atoms with Crippen molar-refractivity contribution >= 4 is 0 Å². The van der Waals surface area contributed by atoms with E-state index in [1.54, 1.807) is 4.90 Å². The highest BCUT2D eigenvalue weighted by Crippen LogP contribution is 2.26. The van der Waals surface area contributed by atoms with E-state index in [9.17, 15) is 18.3 Å². The van der Waals surface area contributed by atoms with Gasteiger partial charge in [-0.05, 0) is 18.1 Å². The number of nitrogens with zero attached hydrogens (tertiary/aromatic N) is 1. The Labute approximate surface area is 134 Å². The summed E-state index contributed by atoms with van der Waals surface area (Å²) in [6.07, 6.45) is -7.01. The summed E-state index contributed by atoms with van der Waals surface area (Å²) in [5, 5.41) is 9.61. The summed E-state index contributed by atoms with van der Waals surface area (Å²) in [5.41, 5.74) is 1.81. The lowest BCUT2D eigenvalue weighted by atomic mass is 10.1. The summed E-state index contributed by atoms with van der Waals surface area (Å²) in [7, 11) is 0. The first-order valence-corrected chi connectivity index (χ1v) is 7.44. The first-order valence-electron chi connectivity index (χ1n) is 7.44. The average molecular weight is 323 g/mol. The second-order valence-corrected chi connectivity index (χ2v) is 5.60. The molecule has 0 radical (unpaired) electrons. The highest BCUT2D eigenvalue weighted by molar-refractivity contribution is 5.17. The Morgan fingerprint density at radius 2 is 1.26 bits per heavy atom. The van der Waals surface area contributed by atoms with Gasteiger partial charge in [0.15, 0.2) is 6.10 Å². The quantitative estimate of drug-likeness (QED) is 0.868. The van der Waals surface area contributed by atoms with Crippen LogP contribution in [0.3, 0.4) is 0 Å². The topological polar surface area (TPSA) is 23.5 Å². The third-order valence-electron chi connectivity index (χ3n) is 3.83. The average Bonchev–Trinajstić information content (AvgIpc) is 2.54. The molecule has 0 aromatic heterocycles. The second-order valence-electron chi connectivity index (χ2n) is 5.60. The van der Waals surface area contributed by atoms with Crippen LogP contribution in [0.25, 0.3) is 0 Å². The molecule has 2 rings (SSSR count). The van der Waals surface area contributed by atoms with Crippen molar-refractivity contribution in [1.82, 2.24) is 4.90 Å². The number of rotatable bonds is 6. The van der Waals surface area contributed by atoms with Gasteiger partial charge in [0.05, 0.1) is 0 Å². The van der Waals surface area contributed by atoms with Crippen LogP contribution in [0.2, 0.25) is 0 Å². The standard InChI is InChI=1S/C18H20F3NO/c1-14(17(23)18(19,20)21)22(12-15-8-4-2-5-9-15)13-16-10-6-3-7-11-16/h2-11,14,17,23H,12-13H2,1H3/t14-,17?/m0/s1. The third-order valence-corrected chi connectivity index (χ3v) is 3.83. The van der Waals surface area contributed by atoms with Gasteiger partial charge in [-0.3, -0.25) is 4.90 Å². The fourth-order valence-electron chi connectivity index (χ4n) is 2.45. The third kappa shape index (κ3) is 5.08. The molecule has 0 heterocycles. The molecule has 0 spiro atoms. The van der Waals surface area contributed by atoms with Crippen LogP contribution in [0.5, 0.6) is 0 Å². The van der Waals surface area contributed by atoms with Crippen LogP contribution < -0.4 is 0 Å². The lowest BCUT2D eigenvalue weighted by Crippen LogP contribution is -2.47. The fraction of sp³-hybridized carbons (Fsp3) is 0.333. The Kier molecular flexibility index (Phi) is 5.80. The second kappa shape index (κ2) is 7.62. The number of aliphatic hydroxyl groups is 1. The molecule has 1 N–H and O–H groups in total. The van der Waals surface area contributed by atoms with E-state index >= 15 is 0 Å². The highest BCUT2D eigenvalue weighted by atomic mass is 19.4. The molecule has 2 aromatic carbocycles. The molecule has 23 heavy (non-hydrogen) atoms. The summed E-state index contributed by atoms with van der Waals surface area (Å²) < 4.78 is 38.6. The van der Waals surface area contributed by atoms with Gasteiger partial charge in [-0.15, -0.1) is 0 Å². The van der Waals surface area contributed by atoms with E-state index in [1.165, 1.54) is 6.92 Å². The molecule has 0 aliphatic carbocycles. The molecule has 1 unspecified atom stereocenters. The summed E-state index contributed by atoms with van der Waals surface area (Å²) in [6.45, 7) is 2.08. The van der Waals surface area contributed by atoms with Crippen molar-refractivity contribution in [1.29, 1.82) is 0 Å². The van der Waals surface area contributed by atoms with Gasteiger partial charge in [0.1, 0.15) is 0 Å². The summed E-state index contributed by atoms with van der Waals surface area (Å²) >= 11 is 0. The molecule has 2 nitrogen and oxygen atoms in total. The molecule has 0 saturated heterocycles. The summed E-state index contributed by atoms with van der Waals surface area (Å²) in [6, 6.07) is 17.5. The molecule has 2 atom stereocenters. The van der Waals surface area contributed by atoms with Crippen molar-refractivity contribution in [3.05, 3.63) is 71.8 Å². The van der Waals surface area contributed by atoms with Crippen LogP contribution in [0, 0.1) is 0 Å². The van der Waals surface area contributed by atoms with E-state index in [4.69, 9.17) is 0 Å². The number of aliphatic hydroxyl groups excluding tert-OH is 1. The van der Waals surface area contributed by atoms with Crippen molar-refractivity contribution in [2.24, 2.45) is 0 Å². The van der Waals surface area contributed by atoms with Crippen molar-refractivity contribution in [3.8, 4) is 0 Å². The van der Waals surface area contributed by atoms with Gasteiger partial charge in [0.2, 0.25) is 0 Å². The molecule has 0 fully saturated rings. The normalized spacial score (nSPS) is 14.7. The largest absolute Gasteiger partial charge is 0.415 e. The van der Waals surface area contributed by atoms with Gasteiger partial charge < -0.3 is 5.11 Å². The molecular weight excluding hydrogens is 303 g/mol. The number of hydrogen-bond donors (Lipinski definition) is 1. The lowest BCUT2D eigenvalue weighted by Gasteiger charge is -2.33. The zero-order valence-electron chi connectivity index (χ0n) is 12.9. The zero-order valence-corrected chi connectivity index (χ0v) is 12.9. The zero-order chi connectivity index (χ0) is 16.9. The van der Waals surface area contributed by atoms with Gasteiger partial charge in [-0.1, -0.05) is 60.7 Å². The molecule has 2 aromatic rings. The minimum Gasteiger partial charge on any atom is -0.382 e. The molecular formula is C18H20F3NO. The maximum atomic E-state index is 12.9. The molecule has 0 saturated carbocycles. The smallest absolute Gasteiger partial charge is 0.382 e. The fourth-order valence-corrected chi connectivity index (χ4v) is 2.45. The van der Waals surface area contributed by atoms with E-state index in [0.717, 1.165) is 11.1 Å². The van der Waals surface area contributed by atoms with E-state index in [1.807, 2.05) is 60.7 Å². The molecule has 0 amide bonds. The molecule has 5 heteroatoms. The molecule has 0 aliphatic heterocycles. The minimum atomic E-state index is -4.63. The predicted octanol–water partition coefficient (Wildman–Crippen LogP) is 4.00. The van der Waals surface area contributed by atoms with Gasteiger partial charge in [0.25, 0.3) is 0 Å². The van der Waals surface area contributed by atoms with Crippen LogP contribution in [-0.4, -0.2) is 28.3 Å². The minimum absolute atomic E-state index is 0.337. The Morgan fingerprint density at radius 3 is 1.61 bits per heavy atom. The Balaban J connectivity index is 2.20. The van der Waals surface area contributed by atoms with Crippen molar-refractivity contribution in [3.63, 3.8) is 0 Å². The number of halogens is 3. The van der Waals surface area contributed by atoms with Crippen LogP contribution in [0.4, 0.5) is 13.2 Å². The van der Waals surface area contributed by atoms with E-state index in [2.05, 4.69) is 0 Å². The predicted molar refractivity (Wildman–Crippen MR) is 83.7 cm³/mol. The van der Waals surface area contributed by atoms with Crippen molar-refractivity contribution in [2.45, 2.75) is 38.3 Å². The Hall–Kier alpha value is -1.85. The Morgan fingerprint density at radius 1 is 0.870 bits per heavy atom. The van der Waals surface area contributed by atoms with Gasteiger partial charge in [-0.2, -0.15) is 13.2 Å². The first-order chi connectivity index (χ1) is 10.9. The number of benzene rings is 2. The van der Waals surface area contributed by atoms with Crippen LogP contribution in [0.15, 0.2) is 60.7 Å². The number of hydrogen-bond acceptors (Lipinski definition) is 2. The lowest BCUT2D eigenvalue weighted by molar-refractivity contribution is -0.221. The first kappa shape index (κ1) is 17.5. The van der Waals surface area contributed by atoms with Crippen LogP contribution in [-0.2, 0) is 13.1 Å². The number of alkyl halides is 3. The Bertz CT molecular complexity index is 545. The molecule has 0 aliphatic rings. The summed E-state index contributed by atoms with van der Waals surface area (Å²) in [5.74, 6) is 0. The maximum Gasteiger partial charge on any atom is 0.415 e. The van der Waals surface area contributed by atoms with Gasteiger partial charge >= 0.3 is 6.18 Å². The highest BCUT2D eigenvalue weighted by Gasteiger charge is 2.43. The van der Waals surface area contributed by atoms with E-state index < -0.39 is 18.3 Å². The van der Waals surface area contributed by atoms with E-state index in [-0.39, 0.29) is 0 Å². The van der Waals surface area contributed by atoms with E-state index in [0.29, 0.717) is 13.1 Å². The maximum absolute atomic E-state index is 12.9.